The largest absolute Gasteiger partial charge is 0.358 e. The Morgan fingerprint density at radius 3 is 2.50 bits per heavy atom. The molecule has 0 spiro atoms. The van der Waals surface area contributed by atoms with E-state index in [1.54, 1.807) is 7.05 Å². The van der Waals surface area contributed by atoms with E-state index in [9.17, 15) is 4.79 Å². The van der Waals surface area contributed by atoms with Gasteiger partial charge in [-0.3, -0.25) is 9.69 Å². The van der Waals surface area contributed by atoms with Gasteiger partial charge in [-0.15, -0.1) is 0 Å². The van der Waals surface area contributed by atoms with Crippen LogP contribution in [0.4, 0.5) is 0 Å². The van der Waals surface area contributed by atoms with Crippen molar-refractivity contribution >= 4 is 5.91 Å². The van der Waals surface area contributed by atoms with E-state index >= 15 is 0 Å². The lowest BCUT2D eigenvalue weighted by atomic mass is 9.94. The number of carbonyl (C=O) groups excluding carboxylic acids is 1. The average molecular weight is 227 g/mol. The maximum atomic E-state index is 11.5. The lowest BCUT2D eigenvalue weighted by Gasteiger charge is -2.40. The van der Waals surface area contributed by atoms with Crippen LogP contribution in [0.3, 0.4) is 0 Å². The molecule has 0 aliphatic heterocycles. The van der Waals surface area contributed by atoms with Crippen LogP contribution in [0.1, 0.15) is 39.0 Å². The van der Waals surface area contributed by atoms with Gasteiger partial charge in [-0.2, -0.15) is 0 Å². The number of nitrogens with two attached hydrogens (primary N) is 1. The molecule has 0 radical (unpaired) electrons. The second-order valence-electron chi connectivity index (χ2n) is 4.73. The number of hydrogen-bond acceptors (Lipinski definition) is 3. The quantitative estimate of drug-likeness (QED) is 0.703. The Balaban J connectivity index is 2.69. The number of rotatable bonds is 6. The summed E-state index contributed by atoms with van der Waals surface area (Å²) in [5, 5.41) is 2.70. The van der Waals surface area contributed by atoms with E-state index < -0.39 is 0 Å². The molecule has 0 aromatic rings. The SMILES string of the molecule is CCCN(CC(=O)NC)C1(CN)CCCC1. The van der Waals surface area contributed by atoms with Crippen molar-refractivity contribution in [2.75, 3.05) is 26.7 Å². The fourth-order valence-electron chi connectivity index (χ4n) is 2.69. The van der Waals surface area contributed by atoms with Gasteiger partial charge in [0.2, 0.25) is 5.91 Å². The monoisotopic (exact) mass is 227 g/mol. The molecule has 0 saturated heterocycles. The fourth-order valence-corrected chi connectivity index (χ4v) is 2.69. The van der Waals surface area contributed by atoms with Gasteiger partial charge >= 0.3 is 0 Å². The summed E-state index contributed by atoms with van der Waals surface area (Å²) >= 11 is 0. The molecule has 4 nitrogen and oxygen atoms in total. The molecule has 1 rings (SSSR count). The van der Waals surface area contributed by atoms with Gasteiger partial charge < -0.3 is 11.1 Å². The van der Waals surface area contributed by atoms with E-state index in [4.69, 9.17) is 5.73 Å². The molecule has 0 aromatic heterocycles. The molecule has 1 saturated carbocycles. The zero-order valence-corrected chi connectivity index (χ0v) is 10.6. The topological polar surface area (TPSA) is 58.4 Å². The average Bonchev–Trinajstić information content (AvgIpc) is 2.78. The Bertz CT molecular complexity index is 224. The Labute approximate surface area is 98.6 Å². The Morgan fingerprint density at radius 2 is 2.06 bits per heavy atom. The first-order valence-electron chi connectivity index (χ1n) is 6.34. The maximum absolute atomic E-state index is 11.5. The molecule has 1 amide bonds. The third-order valence-corrected chi connectivity index (χ3v) is 3.69. The summed E-state index contributed by atoms with van der Waals surface area (Å²) in [6.07, 6.45) is 5.83. The minimum Gasteiger partial charge on any atom is -0.358 e. The summed E-state index contributed by atoms with van der Waals surface area (Å²) in [6.45, 7) is 4.27. The van der Waals surface area contributed by atoms with E-state index in [0.717, 1.165) is 25.8 Å². The smallest absolute Gasteiger partial charge is 0.233 e. The second kappa shape index (κ2) is 6.21. The van der Waals surface area contributed by atoms with Gasteiger partial charge in [0.1, 0.15) is 0 Å². The third kappa shape index (κ3) is 2.95. The first kappa shape index (κ1) is 13.5. The number of nitrogens with zero attached hydrogens (tertiary/aromatic N) is 1. The van der Waals surface area contributed by atoms with E-state index in [-0.39, 0.29) is 11.4 Å². The zero-order valence-electron chi connectivity index (χ0n) is 10.6. The molecule has 4 heteroatoms. The van der Waals surface area contributed by atoms with Crippen molar-refractivity contribution in [3.05, 3.63) is 0 Å². The van der Waals surface area contributed by atoms with Crippen molar-refractivity contribution in [2.45, 2.75) is 44.6 Å². The van der Waals surface area contributed by atoms with Crippen molar-refractivity contribution in [1.82, 2.24) is 10.2 Å². The van der Waals surface area contributed by atoms with Crippen molar-refractivity contribution in [1.29, 1.82) is 0 Å². The maximum Gasteiger partial charge on any atom is 0.233 e. The number of nitrogens with one attached hydrogen (secondary N) is 1. The molecule has 16 heavy (non-hydrogen) atoms. The number of amides is 1. The minimum absolute atomic E-state index is 0.0858. The van der Waals surface area contributed by atoms with E-state index in [1.165, 1.54) is 12.8 Å². The van der Waals surface area contributed by atoms with Gasteiger partial charge in [0.15, 0.2) is 0 Å². The van der Waals surface area contributed by atoms with E-state index in [0.29, 0.717) is 13.1 Å². The molecule has 0 aromatic carbocycles. The van der Waals surface area contributed by atoms with Crippen LogP contribution in [0.15, 0.2) is 0 Å². The third-order valence-electron chi connectivity index (χ3n) is 3.69. The highest BCUT2D eigenvalue weighted by Gasteiger charge is 2.38. The van der Waals surface area contributed by atoms with Crippen LogP contribution in [-0.4, -0.2) is 43.0 Å². The molecule has 0 unspecified atom stereocenters. The molecule has 0 bridgehead atoms. The molecule has 3 N–H and O–H groups in total. The van der Waals surface area contributed by atoms with Gasteiger partial charge in [-0.25, -0.2) is 0 Å². The minimum atomic E-state index is 0.0858. The molecule has 1 aliphatic carbocycles. The molecule has 1 aliphatic rings. The molecular formula is C12H25N3O. The summed E-state index contributed by atoms with van der Waals surface area (Å²) in [5.74, 6) is 0.0909. The first-order valence-corrected chi connectivity index (χ1v) is 6.34. The van der Waals surface area contributed by atoms with E-state index in [1.807, 2.05) is 0 Å². The number of likely N-dealkylation sites (N-methyl/N-ethyl adjacent to an activating group) is 1. The predicted octanol–water partition coefficient (Wildman–Crippen LogP) is 0.716. The molecule has 94 valence electrons. The van der Waals surface area contributed by atoms with Crippen LogP contribution in [0.25, 0.3) is 0 Å². The molecule has 1 fully saturated rings. The van der Waals surface area contributed by atoms with Crippen molar-refractivity contribution < 1.29 is 4.79 Å². The standard InChI is InChI=1S/C12H25N3O/c1-3-8-15(9-11(16)14-2)12(10-13)6-4-5-7-12/h3-10,13H2,1-2H3,(H,14,16). The normalized spacial score (nSPS) is 19.0. The summed E-state index contributed by atoms with van der Waals surface area (Å²) in [4.78, 5) is 13.8. The van der Waals surface area contributed by atoms with Gasteiger partial charge in [-0.1, -0.05) is 19.8 Å². The predicted molar refractivity (Wildman–Crippen MR) is 66.2 cm³/mol. The van der Waals surface area contributed by atoms with Gasteiger partial charge in [0.05, 0.1) is 6.54 Å². The summed E-state index contributed by atoms with van der Waals surface area (Å²) in [7, 11) is 1.69. The Kier molecular flexibility index (Phi) is 5.22. The van der Waals surface area contributed by atoms with Crippen molar-refractivity contribution in [2.24, 2.45) is 5.73 Å². The van der Waals surface area contributed by atoms with Crippen molar-refractivity contribution in [3.63, 3.8) is 0 Å². The Hall–Kier alpha value is -0.610. The number of carbonyl (C=O) groups is 1. The van der Waals surface area contributed by atoms with Gasteiger partial charge in [-0.05, 0) is 25.8 Å². The summed E-state index contributed by atoms with van der Waals surface area (Å²) in [6, 6.07) is 0. The highest BCUT2D eigenvalue weighted by atomic mass is 16.1. The van der Waals surface area contributed by atoms with E-state index in [2.05, 4.69) is 17.1 Å². The lowest BCUT2D eigenvalue weighted by molar-refractivity contribution is -0.123. The summed E-state index contributed by atoms with van der Waals surface area (Å²) < 4.78 is 0. The van der Waals surface area contributed by atoms with Crippen LogP contribution < -0.4 is 11.1 Å². The zero-order chi connectivity index (χ0) is 12.0. The first-order chi connectivity index (χ1) is 7.68. The highest BCUT2D eigenvalue weighted by Crippen LogP contribution is 2.34. The fraction of sp³-hybridized carbons (Fsp3) is 0.917. The van der Waals surface area contributed by atoms with Gasteiger partial charge in [0.25, 0.3) is 0 Å². The Morgan fingerprint density at radius 1 is 1.44 bits per heavy atom. The summed E-state index contributed by atoms with van der Waals surface area (Å²) in [5.41, 5.74) is 6.03. The van der Waals surface area contributed by atoms with Gasteiger partial charge in [0, 0.05) is 19.1 Å². The lowest BCUT2D eigenvalue weighted by Crippen LogP contribution is -2.55. The molecule has 0 heterocycles. The van der Waals surface area contributed by atoms with Crippen LogP contribution in [0.2, 0.25) is 0 Å². The van der Waals surface area contributed by atoms with Crippen molar-refractivity contribution in [3.8, 4) is 0 Å². The highest BCUT2D eigenvalue weighted by molar-refractivity contribution is 5.77. The van der Waals surface area contributed by atoms with Crippen LogP contribution >= 0.6 is 0 Å². The second-order valence-corrected chi connectivity index (χ2v) is 4.73. The molecular weight excluding hydrogens is 202 g/mol. The molecule has 0 atom stereocenters. The van der Waals surface area contributed by atoms with Crippen LogP contribution in [0, 0.1) is 0 Å². The van der Waals surface area contributed by atoms with Crippen LogP contribution in [0.5, 0.6) is 0 Å². The number of hydrogen-bond donors (Lipinski definition) is 2. The van der Waals surface area contributed by atoms with Crippen LogP contribution in [-0.2, 0) is 4.79 Å².